The van der Waals surface area contributed by atoms with Crippen LogP contribution in [0.4, 0.5) is 0 Å². The lowest BCUT2D eigenvalue weighted by molar-refractivity contribution is 1.57. The summed E-state index contributed by atoms with van der Waals surface area (Å²) in [5, 5.41) is 4.93. The van der Waals surface area contributed by atoms with Gasteiger partial charge in [0.15, 0.2) is 0 Å². The second-order valence-corrected chi connectivity index (χ2v) is 16.1. The maximum Gasteiger partial charge on any atom is -0.00259 e. The van der Waals surface area contributed by atoms with E-state index in [1.807, 2.05) is 0 Å². The standard InChI is InChI=1S/C62H42/c1-7-19-43(20-8-1)51-35-52(44-21-9-2-10-22-44)38-55(37-51)49-31-33-57-59(41-49)62(48-29-17-6-18-30-48)60-42-50(32-34-58(60)61(57)47-27-15-5-16-28-47)56-39-53(45-23-11-3-12-24-45)36-54(40-56)46-25-13-4-14-26-46/h1-42H. The fourth-order valence-electron chi connectivity index (χ4n) is 9.20. The van der Waals surface area contributed by atoms with Crippen molar-refractivity contribution in [2.45, 2.75) is 0 Å². The first-order valence-corrected chi connectivity index (χ1v) is 21.4. The summed E-state index contributed by atoms with van der Waals surface area (Å²) >= 11 is 0. The molecule has 11 aromatic rings. The molecule has 11 rings (SSSR count). The Morgan fingerprint density at radius 3 is 0.629 bits per heavy atom. The third-order valence-corrected chi connectivity index (χ3v) is 12.2. The largest absolute Gasteiger partial charge is 0.0622 e. The highest BCUT2D eigenvalue weighted by Gasteiger charge is 2.19. The fourth-order valence-corrected chi connectivity index (χ4v) is 9.20. The van der Waals surface area contributed by atoms with Gasteiger partial charge in [-0.3, -0.25) is 0 Å². The summed E-state index contributed by atoms with van der Waals surface area (Å²) in [5.74, 6) is 0. The number of rotatable bonds is 8. The molecular formula is C62H42. The Hall–Kier alpha value is -8.06. The van der Waals surface area contributed by atoms with E-state index in [4.69, 9.17) is 0 Å². The lowest BCUT2D eigenvalue weighted by Gasteiger charge is -2.20. The first-order valence-electron chi connectivity index (χ1n) is 21.4. The van der Waals surface area contributed by atoms with Gasteiger partial charge in [0.25, 0.3) is 0 Å². The van der Waals surface area contributed by atoms with Crippen LogP contribution >= 0.6 is 0 Å². The summed E-state index contributed by atoms with van der Waals surface area (Å²) in [5.41, 5.74) is 19.2. The molecule has 0 heterocycles. The zero-order valence-electron chi connectivity index (χ0n) is 34.2. The molecule has 290 valence electrons. The van der Waals surface area contributed by atoms with Gasteiger partial charge in [0, 0.05) is 0 Å². The van der Waals surface area contributed by atoms with Gasteiger partial charge in [-0.1, -0.05) is 206 Å². The van der Waals surface area contributed by atoms with E-state index in [0.717, 1.165) is 0 Å². The summed E-state index contributed by atoms with van der Waals surface area (Å²) < 4.78 is 0. The maximum absolute atomic E-state index is 2.44. The fraction of sp³-hybridized carbons (Fsp3) is 0. The highest BCUT2D eigenvalue weighted by Crippen LogP contribution is 2.47. The van der Waals surface area contributed by atoms with Crippen molar-refractivity contribution in [1.29, 1.82) is 0 Å². The van der Waals surface area contributed by atoms with Crippen molar-refractivity contribution in [3.63, 3.8) is 0 Å². The molecule has 0 heteroatoms. The van der Waals surface area contributed by atoms with E-state index in [9.17, 15) is 0 Å². The van der Waals surface area contributed by atoms with Gasteiger partial charge < -0.3 is 0 Å². The average Bonchev–Trinajstić information content (AvgIpc) is 3.36. The van der Waals surface area contributed by atoms with Crippen LogP contribution in [0.1, 0.15) is 0 Å². The molecule has 0 spiro atoms. The van der Waals surface area contributed by atoms with Crippen molar-refractivity contribution in [3.8, 4) is 89.0 Å². The lowest BCUT2D eigenvalue weighted by atomic mass is 9.83. The van der Waals surface area contributed by atoms with E-state index in [1.165, 1.54) is 111 Å². The van der Waals surface area contributed by atoms with Gasteiger partial charge in [-0.05, 0) is 159 Å². The molecule has 11 aromatic carbocycles. The molecule has 0 nitrogen and oxygen atoms in total. The third-order valence-electron chi connectivity index (χ3n) is 12.2. The van der Waals surface area contributed by atoms with Crippen LogP contribution in [0.3, 0.4) is 0 Å². The average molecular weight is 787 g/mol. The minimum absolute atomic E-state index is 1.18. The molecule has 0 saturated carbocycles. The molecule has 0 atom stereocenters. The lowest BCUT2D eigenvalue weighted by Crippen LogP contribution is -1.93. The molecule has 0 aliphatic heterocycles. The first-order chi connectivity index (χ1) is 30.7. The zero-order valence-corrected chi connectivity index (χ0v) is 34.2. The number of hydrogen-bond donors (Lipinski definition) is 0. The van der Waals surface area contributed by atoms with Crippen molar-refractivity contribution in [1.82, 2.24) is 0 Å². The minimum atomic E-state index is 1.18. The van der Waals surface area contributed by atoms with E-state index >= 15 is 0 Å². The number of benzene rings is 11. The predicted molar refractivity (Wildman–Crippen MR) is 265 cm³/mol. The van der Waals surface area contributed by atoms with Gasteiger partial charge in [0.2, 0.25) is 0 Å². The SMILES string of the molecule is c1ccc(-c2cc(-c3ccccc3)cc(-c3ccc4c(-c5ccccc5)c5ccc(-c6cc(-c7ccccc7)cc(-c7ccccc7)c6)cc5c(-c5ccccc5)c4c3)c2)cc1. The predicted octanol–water partition coefficient (Wildman–Crippen LogP) is 17.3. The molecule has 0 fully saturated rings. The topological polar surface area (TPSA) is 0 Å². The maximum atomic E-state index is 2.44. The quantitative estimate of drug-likeness (QED) is 0.135. The van der Waals surface area contributed by atoms with E-state index in [0.29, 0.717) is 0 Å². The smallest absolute Gasteiger partial charge is 0.00259 e. The van der Waals surface area contributed by atoms with Crippen molar-refractivity contribution in [2.24, 2.45) is 0 Å². The van der Waals surface area contributed by atoms with Crippen molar-refractivity contribution in [3.05, 3.63) is 255 Å². The third kappa shape index (κ3) is 7.08. The van der Waals surface area contributed by atoms with Crippen LogP contribution in [0, 0.1) is 0 Å². The van der Waals surface area contributed by atoms with Gasteiger partial charge in [0.05, 0.1) is 0 Å². The Morgan fingerprint density at radius 2 is 0.355 bits per heavy atom. The van der Waals surface area contributed by atoms with Crippen molar-refractivity contribution in [2.75, 3.05) is 0 Å². The highest BCUT2D eigenvalue weighted by atomic mass is 14.2. The Bertz CT molecular complexity index is 3030. The molecule has 0 amide bonds. The molecule has 0 radical (unpaired) electrons. The van der Waals surface area contributed by atoms with Crippen molar-refractivity contribution >= 4 is 21.5 Å². The van der Waals surface area contributed by atoms with Crippen molar-refractivity contribution < 1.29 is 0 Å². The molecule has 62 heavy (non-hydrogen) atoms. The Balaban J connectivity index is 1.20. The van der Waals surface area contributed by atoms with Crippen LogP contribution < -0.4 is 0 Å². The molecule has 0 N–H and O–H groups in total. The van der Waals surface area contributed by atoms with Gasteiger partial charge in [-0.15, -0.1) is 0 Å². The van der Waals surface area contributed by atoms with Crippen LogP contribution in [0.25, 0.3) is 111 Å². The molecule has 0 bridgehead atoms. The van der Waals surface area contributed by atoms with Crippen LogP contribution in [-0.2, 0) is 0 Å². The summed E-state index contributed by atoms with van der Waals surface area (Å²) in [6.07, 6.45) is 0. The normalized spacial score (nSPS) is 11.2. The summed E-state index contributed by atoms with van der Waals surface area (Å²) in [6.45, 7) is 0. The van der Waals surface area contributed by atoms with Gasteiger partial charge >= 0.3 is 0 Å². The monoisotopic (exact) mass is 786 g/mol. The molecule has 0 unspecified atom stereocenters. The summed E-state index contributed by atoms with van der Waals surface area (Å²) in [7, 11) is 0. The second kappa shape index (κ2) is 16.2. The number of hydrogen-bond acceptors (Lipinski definition) is 0. The second-order valence-electron chi connectivity index (χ2n) is 16.1. The Labute approximate surface area is 363 Å². The van der Waals surface area contributed by atoms with Crippen LogP contribution in [0.5, 0.6) is 0 Å². The molecular weight excluding hydrogens is 745 g/mol. The van der Waals surface area contributed by atoms with E-state index in [1.54, 1.807) is 0 Å². The first kappa shape index (κ1) is 37.0. The Morgan fingerprint density at radius 1 is 0.129 bits per heavy atom. The van der Waals surface area contributed by atoms with Gasteiger partial charge in [-0.2, -0.15) is 0 Å². The van der Waals surface area contributed by atoms with Gasteiger partial charge in [0.1, 0.15) is 0 Å². The molecule has 0 saturated heterocycles. The number of fused-ring (bicyclic) bond motifs is 2. The van der Waals surface area contributed by atoms with Crippen LogP contribution in [-0.4, -0.2) is 0 Å². The van der Waals surface area contributed by atoms with Gasteiger partial charge in [-0.25, -0.2) is 0 Å². The molecule has 0 aromatic heterocycles. The summed E-state index contributed by atoms with van der Waals surface area (Å²) in [6, 6.07) is 93.2. The summed E-state index contributed by atoms with van der Waals surface area (Å²) in [4.78, 5) is 0. The molecule has 0 aliphatic rings. The Kier molecular flexibility index (Phi) is 9.65. The van der Waals surface area contributed by atoms with E-state index in [2.05, 4.69) is 255 Å². The zero-order chi connectivity index (χ0) is 41.2. The minimum Gasteiger partial charge on any atom is -0.0622 e. The van der Waals surface area contributed by atoms with Crippen LogP contribution in [0.2, 0.25) is 0 Å². The van der Waals surface area contributed by atoms with E-state index in [-0.39, 0.29) is 0 Å². The van der Waals surface area contributed by atoms with Crippen LogP contribution in [0.15, 0.2) is 255 Å². The van der Waals surface area contributed by atoms with E-state index < -0.39 is 0 Å². The molecule has 0 aliphatic carbocycles. The highest BCUT2D eigenvalue weighted by molar-refractivity contribution is 6.22.